The number of piperazine rings is 1. The topological polar surface area (TPSA) is 136 Å². The lowest BCUT2D eigenvalue weighted by atomic mass is 9.90. The van der Waals surface area contributed by atoms with E-state index in [9.17, 15) is 24.2 Å². The number of carbonyl (C=O) groups excluding carboxylic acids is 2. The molecule has 2 heterocycles. The number of aryl methyl sites for hydroxylation is 1. The fourth-order valence-corrected chi connectivity index (χ4v) is 6.96. The Bertz CT molecular complexity index is 1850. The normalized spacial score (nSPS) is 21.0. The monoisotopic (exact) mass is 681 g/mol. The molecule has 0 radical (unpaired) electrons. The Balaban J connectivity index is 1.09. The van der Waals surface area contributed by atoms with Crippen molar-refractivity contribution in [1.82, 2.24) is 25.8 Å². The van der Waals surface area contributed by atoms with Crippen molar-refractivity contribution < 1.29 is 28.9 Å². The summed E-state index contributed by atoms with van der Waals surface area (Å²) in [5.41, 5.74) is 3.66. The highest BCUT2D eigenvalue weighted by Crippen LogP contribution is 2.32. The molecule has 1 saturated heterocycles. The van der Waals surface area contributed by atoms with Gasteiger partial charge in [0.2, 0.25) is 5.88 Å². The molecule has 11 heteroatoms. The quantitative estimate of drug-likeness (QED) is 0.144. The average Bonchev–Trinajstić information content (AvgIpc) is 3.08. The summed E-state index contributed by atoms with van der Waals surface area (Å²) >= 11 is 0. The first-order valence-electron chi connectivity index (χ1n) is 17.2. The molecule has 262 valence electrons. The smallest absolute Gasteiger partial charge is 0.257 e. The van der Waals surface area contributed by atoms with Crippen LogP contribution in [-0.4, -0.2) is 69.2 Å². The number of phenols is 2. The second-order valence-corrected chi connectivity index (χ2v) is 13.7. The Hall–Kier alpha value is -5.00. The van der Waals surface area contributed by atoms with Crippen LogP contribution in [0.1, 0.15) is 71.4 Å². The lowest BCUT2D eigenvalue weighted by Gasteiger charge is -2.36. The third-order valence-corrected chi connectivity index (χ3v) is 9.35. The van der Waals surface area contributed by atoms with E-state index in [2.05, 4.69) is 39.7 Å². The van der Waals surface area contributed by atoms with Crippen LogP contribution in [0.25, 0.3) is 11.1 Å². The number of ether oxygens (including phenoxy) is 1. The molecule has 2 atom stereocenters. The molecule has 2 aliphatic rings. The van der Waals surface area contributed by atoms with E-state index < -0.39 is 11.7 Å². The second-order valence-electron chi connectivity index (χ2n) is 13.7. The van der Waals surface area contributed by atoms with E-state index in [4.69, 9.17) is 4.74 Å². The lowest BCUT2D eigenvalue weighted by Crippen LogP contribution is -2.53. The summed E-state index contributed by atoms with van der Waals surface area (Å²) in [5.74, 6) is -0.915. The fraction of sp³-hybridized carbons (Fsp3) is 0.359. The number of hydrogen-bond donors (Lipinski definition) is 5. The number of nitrogens with one attached hydrogen (secondary N) is 3. The Kier molecular flexibility index (Phi) is 10.6. The number of pyridine rings is 1. The first kappa shape index (κ1) is 34.8. The molecule has 2 amide bonds. The molecule has 3 aromatic carbocycles. The molecule has 6 rings (SSSR count). The average molecular weight is 682 g/mol. The minimum Gasteiger partial charge on any atom is -0.508 e. The number of carbonyl (C=O) groups is 2. The number of phenolic OH excluding ortho intramolecular Hbond substituents is 2. The highest BCUT2D eigenvalue weighted by atomic mass is 19.1. The SMILES string of the molecule is Cc1ccc(O)c(C(=O)NC2CCC(NC(=O)c3cc(F)cnc3Oc3cccc(-c4ccc(O)c(CN5C[C@@H](C)N[C@@H](C)C5)c4)c3)CC2)c1. The van der Waals surface area contributed by atoms with E-state index in [0.29, 0.717) is 50.1 Å². The third-order valence-electron chi connectivity index (χ3n) is 9.35. The van der Waals surface area contributed by atoms with Crippen molar-refractivity contribution in [3.63, 3.8) is 0 Å². The van der Waals surface area contributed by atoms with Gasteiger partial charge in [0.1, 0.15) is 28.6 Å². The molecule has 5 N–H and O–H groups in total. The summed E-state index contributed by atoms with van der Waals surface area (Å²) in [5, 5.41) is 30.3. The molecule has 10 nitrogen and oxygen atoms in total. The van der Waals surface area contributed by atoms with E-state index in [1.807, 2.05) is 37.3 Å². The van der Waals surface area contributed by atoms with Crippen LogP contribution in [0.15, 0.2) is 72.9 Å². The molecule has 4 aromatic rings. The van der Waals surface area contributed by atoms with Crippen LogP contribution in [0.3, 0.4) is 0 Å². The van der Waals surface area contributed by atoms with Gasteiger partial charge in [-0.1, -0.05) is 29.8 Å². The van der Waals surface area contributed by atoms with E-state index in [1.54, 1.807) is 24.3 Å². The maximum atomic E-state index is 14.4. The Morgan fingerprint density at radius 1 is 0.860 bits per heavy atom. The van der Waals surface area contributed by atoms with Gasteiger partial charge >= 0.3 is 0 Å². The van der Waals surface area contributed by atoms with E-state index in [-0.39, 0.29) is 46.5 Å². The van der Waals surface area contributed by atoms with Gasteiger partial charge in [0.15, 0.2) is 0 Å². The molecule has 0 bridgehead atoms. The summed E-state index contributed by atoms with van der Waals surface area (Å²) in [6, 6.07) is 19.3. The van der Waals surface area contributed by atoms with Gasteiger partial charge in [-0.25, -0.2) is 9.37 Å². The summed E-state index contributed by atoms with van der Waals surface area (Å²) in [6.07, 6.45) is 3.50. The fourth-order valence-electron chi connectivity index (χ4n) is 6.96. The van der Waals surface area contributed by atoms with Gasteiger partial charge < -0.3 is 30.9 Å². The maximum Gasteiger partial charge on any atom is 0.257 e. The number of amides is 2. The number of benzene rings is 3. The van der Waals surface area contributed by atoms with Crippen LogP contribution in [-0.2, 0) is 6.54 Å². The van der Waals surface area contributed by atoms with Crippen molar-refractivity contribution >= 4 is 11.8 Å². The number of aromatic hydroxyl groups is 2. The molecule has 50 heavy (non-hydrogen) atoms. The van der Waals surface area contributed by atoms with Crippen molar-refractivity contribution in [2.45, 2.75) is 77.2 Å². The number of halogens is 1. The van der Waals surface area contributed by atoms with Gasteiger partial charge in [0.25, 0.3) is 11.8 Å². The molecule has 0 spiro atoms. The Morgan fingerprint density at radius 2 is 1.50 bits per heavy atom. The van der Waals surface area contributed by atoms with Gasteiger partial charge in [-0.05, 0) is 100 Å². The van der Waals surface area contributed by atoms with Crippen molar-refractivity contribution in [2.75, 3.05) is 13.1 Å². The summed E-state index contributed by atoms with van der Waals surface area (Å²) in [7, 11) is 0. The third kappa shape index (κ3) is 8.58. The predicted molar refractivity (Wildman–Crippen MR) is 189 cm³/mol. The molecule has 1 aromatic heterocycles. The largest absolute Gasteiger partial charge is 0.508 e. The van der Waals surface area contributed by atoms with E-state index in [1.165, 1.54) is 6.07 Å². The zero-order chi connectivity index (χ0) is 35.4. The van der Waals surface area contributed by atoms with Crippen molar-refractivity contribution in [3.8, 4) is 34.3 Å². The van der Waals surface area contributed by atoms with Crippen LogP contribution in [0.5, 0.6) is 23.1 Å². The summed E-state index contributed by atoms with van der Waals surface area (Å²) in [6.45, 7) is 8.57. The predicted octanol–water partition coefficient (Wildman–Crippen LogP) is 6.05. The molecule has 0 unspecified atom stereocenters. The van der Waals surface area contributed by atoms with Crippen molar-refractivity contribution in [2.24, 2.45) is 0 Å². The molecule has 1 saturated carbocycles. The zero-order valence-electron chi connectivity index (χ0n) is 28.6. The van der Waals surface area contributed by atoms with Crippen LogP contribution in [0.2, 0.25) is 0 Å². The molecule has 1 aliphatic heterocycles. The van der Waals surface area contributed by atoms with Gasteiger partial charge in [-0.15, -0.1) is 0 Å². The number of nitrogens with zero attached hydrogens (tertiary/aromatic N) is 2. The van der Waals surface area contributed by atoms with Gasteiger partial charge in [-0.3, -0.25) is 14.5 Å². The van der Waals surface area contributed by atoms with Crippen LogP contribution >= 0.6 is 0 Å². The van der Waals surface area contributed by atoms with Crippen molar-refractivity contribution in [3.05, 3.63) is 101 Å². The van der Waals surface area contributed by atoms with Crippen LogP contribution in [0.4, 0.5) is 4.39 Å². The van der Waals surface area contributed by atoms with Crippen molar-refractivity contribution in [1.29, 1.82) is 0 Å². The number of hydrogen-bond acceptors (Lipinski definition) is 8. The first-order valence-corrected chi connectivity index (χ1v) is 17.2. The highest BCUT2D eigenvalue weighted by Gasteiger charge is 2.27. The minimum atomic E-state index is -0.660. The highest BCUT2D eigenvalue weighted by molar-refractivity contribution is 5.97. The molecule has 1 aliphatic carbocycles. The number of rotatable bonds is 9. The summed E-state index contributed by atoms with van der Waals surface area (Å²) in [4.78, 5) is 32.6. The van der Waals surface area contributed by atoms with E-state index in [0.717, 1.165) is 47.6 Å². The molecular weight excluding hydrogens is 637 g/mol. The molecule has 2 fully saturated rings. The summed E-state index contributed by atoms with van der Waals surface area (Å²) < 4.78 is 20.5. The van der Waals surface area contributed by atoms with Gasteiger partial charge in [0.05, 0.1) is 11.8 Å². The van der Waals surface area contributed by atoms with Crippen LogP contribution < -0.4 is 20.7 Å². The lowest BCUT2D eigenvalue weighted by molar-refractivity contribution is 0.0888. The minimum absolute atomic E-state index is 0.0201. The van der Waals surface area contributed by atoms with E-state index >= 15 is 0 Å². The maximum absolute atomic E-state index is 14.4. The Labute approximate surface area is 291 Å². The Morgan fingerprint density at radius 3 is 2.20 bits per heavy atom. The van der Waals surface area contributed by atoms with Gasteiger partial charge in [0, 0.05) is 49.4 Å². The number of aromatic nitrogens is 1. The second kappa shape index (κ2) is 15.3. The molecular formula is C39H44FN5O5. The first-order chi connectivity index (χ1) is 24.0. The standard InChI is InChI=1S/C39H44FN5O5/c1-23-7-13-36(47)33(15-23)37(48)43-30-9-11-31(12-10-30)44-38(49)34-18-29(40)19-41-39(34)50-32-6-4-5-26(17-32)27-8-14-35(46)28(16-27)22-45-20-24(2)42-25(3)21-45/h4-8,13-19,24-25,30-31,42,46-47H,9-12,20-22H2,1-3H3,(H,43,48)(H,44,49)/t24-,25+,30?,31?. The van der Waals surface area contributed by atoms with Crippen LogP contribution in [0, 0.1) is 12.7 Å². The zero-order valence-corrected chi connectivity index (χ0v) is 28.6. The van der Waals surface area contributed by atoms with Gasteiger partial charge in [-0.2, -0.15) is 0 Å².